The van der Waals surface area contributed by atoms with Gasteiger partial charge in [0.25, 0.3) is 0 Å². The van der Waals surface area contributed by atoms with Crippen LogP contribution in [0.4, 0.5) is 0 Å². The minimum Gasteiger partial charge on any atom is -0.395 e. The van der Waals surface area contributed by atoms with Crippen LogP contribution in [-0.2, 0) is 17.1 Å². The van der Waals surface area contributed by atoms with E-state index in [0.717, 1.165) is 5.92 Å². The van der Waals surface area contributed by atoms with Crippen LogP contribution in [0, 0.1) is 63.7 Å². The third-order valence-electron chi connectivity index (χ3n) is 1.88. The van der Waals surface area contributed by atoms with Gasteiger partial charge in [-0.25, -0.2) is 0 Å². The van der Waals surface area contributed by atoms with Crippen molar-refractivity contribution < 1.29 is 22.2 Å². The predicted molar refractivity (Wildman–Crippen MR) is 69.6 cm³/mol. The van der Waals surface area contributed by atoms with E-state index in [1.807, 2.05) is 57.8 Å². The summed E-state index contributed by atoms with van der Waals surface area (Å²) in [5, 5.41) is 11.4. The van der Waals surface area contributed by atoms with Crippen molar-refractivity contribution in [2.24, 2.45) is 0 Å². The van der Waals surface area contributed by atoms with Crippen molar-refractivity contribution in [2.75, 3.05) is 13.2 Å². The van der Waals surface area contributed by atoms with Crippen molar-refractivity contribution in [1.82, 2.24) is 5.32 Å². The Labute approximate surface area is 121 Å². The van der Waals surface area contributed by atoms with E-state index in [1.165, 1.54) is 0 Å². The van der Waals surface area contributed by atoms with Gasteiger partial charge in [0.15, 0.2) is 0 Å². The van der Waals surface area contributed by atoms with Crippen molar-refractivity contribution in [3.8, 4) is 0 Å². The number of thiocarbonyl (C=S) groups is 1. The van der Waals surface area contributed by atoms with Crippen LogP contribution in [-0.4, -0.2) is 23.2 Å². The van der Waals surface area contributed by atoms with Gasteiger partial charge in [-0.3, -0.25) is 0 Å². The number of hydrogen-bond donors (Lipinski definition) is 2. The summed E-state index contributed by atoms with van der Waals surface area (Å²) in [6, 6.07) is 0. The predicted octanol–water partition coefficient (Wildman–Crippen LogP) is 1.32. The van der Waals surface area contributed by atoms with Crippen LogP contribution >= 0.6 is 12.2 Å². The molecule has 90 valence electrons. The normalized spacial score (nSPS) is 19.1. The molecular weight excluding hydrogens is 274 g/mol. The zero-order valence-electron chi connectivity index (χ0n) is 9.32. The minimum atomic E-state index is 0. The first-order valence-electron chi connectivity index (χ1n) is 5.12. The van der Waals surface area contributed by atoms with Crippen molar-refractivity contribution in [1.29, 1.82) is 0 Å². The molecule has 2 saturated carbocycles. The number of nitrogens with one attached hydrogen (secondary N) is 1. The van der Waals surface area contributed by atoms with Gasteiger partial charge in [-0.1, -0.05) is 12.2 Å². The third kappa shape index (κ3) is 8.15. The molecule has 2 aliphatic rings. The van der Waals surface area contributed by atoms with E-state index in [9.17, 15) is 0 Å². The number of aliphatic hydroxyl groups excluding tert-OH is 1. The van der Waals surface area contributed by atoms with E-state index in [2.05, 4.69) is 5.32 Å². The van der Waals surface area contributed by atoms with Gasteiger partial charge >= 0.3 is 17.1 Å². The Morgan fingerprint density at radius 2 is 1.47 bits per heavy atom. The number of hydrogen-bond acceptors (Lipinski definition) is 2. The Balaban J connectivity index is 0.000000360. The summed E-state index contributed by atoms with van der Waals surface area (Å²) in [4.78, 5) is 0.698. The summed E-state index contributed by atoms with van der Waals surface area (Å²) in [5.41, 5.74) is 0. The molecular formula is C13H15FeNOS+2. The van der Waals surface area contributed by atoms with Crippen LogP contribution in [0.15, 0.2) is 0 Å². The van der Waals surface area contributed by atoms with Gasteiger partial charge in [0, 0.05) is 12.5 Å². The fraction of sp³-hybridized carbons (Fsp3) is 0.154. The van der Waals surface area contributed by atoms with Gasteiger partial charge in [-0.15, -0.1) is 0 Å². The second-order valence-corrected chi connectivity index (χ2v) is 3.52. The number of rotatable bonds is 3. The summed E-state index contributed by atoms with van der Waals surface area (Å²) < 4.78 is 0. The van der Waals surface area contributed by atoms with Gasteiger partial charge < -0.3 is 10.4 Å². The molecule has 0 saturated heterocycles. The summed E-state index contributed by atoms with van der Waals surface area (Å²) in [6.07, 6.45) is 17.7. The molecule has 0 spiro atoms. The smallest absolute Gasteiger partial charge is 0.395 e. The van der Waals surface area contributed by atoms with Crippen LogP contribution in [0.3, 0.4) is 0 Å². The zero-order valence-corrected chi connectivity index (χ0v) is 11.2. The van der Waals surface area contributed by atoms with Crippen molar-refractivity contribution in [3.63, 3.8) is 0 Å². The molecule has 0 unspecified atom stereocenters. The molecule has 0 heterocycles. The monoisotopic (exact) mass is 289 g/mol. The molecule has 0 atom stereocenters. The summed E-state index contributed by atoms with van der Waals surface area (Å²) >= 11 is 5.02. The maximum absolute atomic E-state index is 8.49. The molecule has 10 radical (unpaired) electrons. The van der Waals surface area contributed by atoms with Crippen molar-refractivity contribution >= 4 is 17.2 Å². The van der Waals surface area contributed by atoms with Crippen LogP contribution in [0.1, 0.15) is 0 Å². The van der Waals surface area contributed by atoms with Crippen LogP contribution < -0.4 is 5.32 Å². The van der Waals surface area contributed by atoms with Crippen LogP contribution in [0.5, 0.6) is 0 Å². The molecule has 0 aromatic rings. The van der Waals surface area contributed by atoms with Gasteiger partial charge in [-0.2, -0.15) is 0 Å². The van der Waals surface area contributed by atoms with E-state index in [-0.39, 0.29) is 23.7 Å². The van der Waals surface area contributed by atoms with Gasteiger partial charge in [0.2, 0.25) is 0 Å². The molecule has 2 aliphatic carbocycles. The second kappa shape index (κ2) is 11.5. The third-order valence-corrected chi connectivity index (χ3v) is 2.26. The Morgan fingerprint density at radius 1 is 1.00 bits per heavy atom. The maximum Gasteiger partial charge on any atom is 2.00 e. The first kappa shape index (κ1) is 17.4. The fourth-order valence-electron chi connectivity index (χ4n) is 1.12. The molecule has 0 aromatic carbocycles. The second-order valence-electron chi connectivity index (χ2n) is 3.12. The largest absolute Gasteiger partial charge is 2.00 e. The Morgan fingerprint density at radius 3 is 1.88 bits per heavy atom. The Kier molecular flexibility index (Phi) is 11.7. The fourth-order valence-corrected chi connectivity index (χ4v) is 1.36. The molecule has 17 heavy (non-hydrogen) atoms. The van der Waals surface area contributed by atoms with E-state index >= 15 is 0 Å². The van der Waals surface area contributed by atoms with E-state index in [4.69, 9.17) is 17.3 Å². The molecule has 2 fully saturated rings. The molecule has 0 aliphatic heterocycles. The first-order valence-corrected chi connectivity index (χ1v) is 5.53. The molecule has 0 bridgehead atoms. The first-order chi connectivity index (χ1) is 7.84. The summed E-state index contributed by atoms with van der Waals surface area (Å²) in [6.45, 7) is 0.630. The number of aliphatic hydroxyl groups is 1. The molecule has 0 amide bonds. The van der Waals surface area contributed by atoms with Crippen molar-refractivity contribution in [3.05, 3.63) is 63.7 Å². The molecule has 4 heteroatoms. The van der Waals surface area contributed by atoms with Crippen LogP contribution in [0.2, 0.25) is 0 Å². The average Bonchev–Trinajstić information content (AvgIpc) is 2.98. The van der Waals surface area contributed by atoms with E-state index in [0.29, 0.717) is 11.5 Å². The molecule has 2 N–H and O–H groups in total. The molecule has 2 nitrogen and oxygen atoms in total. The summed E-state index contributed by atoms with van der Waals surface area (Å²) in [5.74, 6) is 1.01. The minimum absolute atomic E-state index is 0. The summed E-state index contributed by atoms with van der Waals surface area (Å²) in [7, 11) is 0. The zero-order chi connectivity index (χ0) is 11.6. The van der Waals surface area contributed by atoms with Gasteiger partial charge in [0.1, 0.15) is 0 Å². The molecule has 2 rings (SSSR count). The standard InChI is InChI=1S/C8H10NOS.C5H5.Fe/c10-6-5-9-8(11)7-3-1-2-4-7;1-2-4-5-3-1;/h1-4,10H,5-6H2,(H,9,11);1-5H;/q;;+2. The topological polar surface area (TPSA) is 32.3 Å². The van der Waals surface area contributed by atoms with E-state index in [1.54, 1.807) is 0 Å². The Bertz CT molecular complexity index is 184. The Hall–Kier alpha value is 0.369. The molecule has 0 aromatic heterocycles. The van der Waals surface area contributed by atoms with Gasteiger partial charge in [0.05, 0.1) is 11.6 Å². The van der Waals surface area contributed by atoms with Crippen molar-refractivity contribution in [2.45, 2.75) is 0 Å². The quantitative estimate of drug-likeness (QED) is 0.607. The van der Waals surface area contributed by atoms with Gasteiger partial charge in [-0.05, 0) is 57.8 Å². The maximum atomic E-state index is 8.49. The SMILES string of the molecule is OCCNC(=S)[C]1[CH][CH][CH][CH]1.[CH]1[CH][CH][CH][CH]1.[Fe+2]. The average molecular weight is 289 g/mol. The van der Waals surface area contributed by atoms with Crippen LogP contribution in [0.25, 0.3) is 0 Å². The van der Waals surface area contributed by atoms with E-state index < -0.39 is 0 Å².